The average Bonchev–Trinajstić information content (AvgIpc) is 2.55. The molecule has 0 aliphatic rings. The van der Waals surface area contributed by atoms with E-state index in [1.54, 1.807) is 42.5 Å². The summed E-state index contributed by atoms with van der Waals surface area (Å²) < 4.78 is 0. The quantitative estimate of drug-likeness (QED) is 0.744. The number of rotatable bonds is 6. The SMILES string of the molecule is NC(=O)[C@H](Cc1ccc(C(=O)O)cc1)NC(=O)c1ccccc1. The summed E-state index contributed by atoms with van der Waals surface area (Å²) in [6, 6.07) is 13.7. The molecule has 1 atom stereocenters. The summed E-state index contributed by atoms with van der Waals surface area (Å²) in [5.41, 5.74) is 6.62. The van der Waals surface area contributed by atoms with Gasteiger partial charge in [-0.15, -0.1) is 0 Å². The Kier molecular flexibility index (Phi) is 5.09. The fourth-order valence-electron chi connectivity index (χ4n) is 2.07. The van der Waals surface area contributed by atoms with E-state index < -0.39 is 23.8 Å². The van der Waals surface area contributed by atoms with Gasteiger partial charge in [0.15, 0.2) is 0 Å². The van der Waals surface area contributed by atoms with Crippen molar-refractivity contribution in [1.82, 2.24) is 5.32 Å². The van der Waals surface area contributed by atoms with Crippen LogP contribution in [0.15, 0.2) is 54.6 Å². The van der Waals surface area contributed by atoms with E-state index in [1.165, 1.54) is 12.1 Å². The van der Waals surface area contributed by atoms with Crippen LogP contribution >= 0.6 is 0 Å². The molecule has 0 aromatic heterocycles. The van der Waals surface area contributed by atoms with E-state index in [9.17, 15) is 14.4 Å². The molecule has 0 spiro atoms. The number of amides is 2. The van der Waals surface area contributed by atoms with Crippen LogP contribution in [-0.4, -0.2) is 28.9 Å². The summed E-state index contributed by atoms with van der Waals surface area (Å²) in [7, 11) is 0. The van der Waals surface area contributed by atoms with Gasteiger partial charge in [-0.2, -0.15) is 0 Å². The van der Waals surface area contributed by atoms with Crippen LogP contribution in [0, 0.1) is 0 Å². The Labute approximate surface area is 132 Å². The van der Waals surface area contributed by atoms with Crippen LogP contribution < -0.4 is 11.1 Å². The van der Waals surface area contributed by atoms with E-state index >= 15 is 0 Å². The monoisotopic (exact) mass is 312 g/mol. The molecule has 0 radical (unpaired) electrons. The smallest absolute Gasteiger partial charge is 0.335 e. The standard InChI is InChI=1S/C17H16N2O4/c18-15(20)14(19-16(21)12-4-2-1-3-5-12)10-11-6-8-13(9-7-11)17(22)23/h1-9,14H,10H2,(H2,18,20)(H,19,21)(H,22,23)/t14-/m0/s1. The van der Waals surface area contributed by atoms with Crippen LogP contribution in [-0.2, 0) is 11.2 Å². The zero-order chi connectivity index (χ0) is 16.8. The molecule has 0 bridgehead atoms. The lowest BCUT2D eigenvalue weighted by Crippen LogP contribution is -2.45. The Bertz CT molecular complexity index is 711. The minimum atomic E-state index is -1.03. The highest BCUT2D eigenvalue weighted by Crippen LogP contribution is 2.08. The lowest BCUT2D eigenvalue weighted by atomic mass is 10.0. The van der Waals surface area contributed by atoms with E-state index in [2.05, 4.69) is 5.32 Å². The average molecular weight is 312 g/mol. The zero-order valence-electron chi connectivity index (χ0n) is 12.2. The van der Waals surface area contributed by atoms with Crippen LogP contribution in [0.2, 0.25) is 0 Å². The van der Waals surface area contributed by atoms with Gasteiger partial charge in [-0.25, -0.2) is 4.79 Å². The number of hydrogen-bond acceptors (Lipinski definition) is 3. The number of hydrogen-bond donors (Lipinski definition) is 3. The fourth-order valence-corrected chi connectivity index (χ4v) is 2.07. The summed E-state index contributed by atoms with van der Waals surface area (Å²) in [5.74, 6) is -2.08. The van der Waals surface area contributed by atoms with E-state index in [0.29, 0.717) is 11.1 Å². The van der Waals surface area contributed by atoms with Crippen LogP contribution in [0.25, 0.3) is 0 Å². The van der Waals surface area contributed by atoms with Crippen LogP contribution in [0.1, 0.15) is 26.3 Å². The highest BCUT2D eigenvalue weighted by Gasteiger charge is 2.19. The second kappa shape index (κ2) is 7.22. The third-order valence-corrected chi connectivity index (χ3v) is 3.33. The molecular weight excluding hydrogens is 296 g/mol. The molecule has 6 heteroatoms. The predicted molar refractivity (Wildman–Crippen MR) is 84.0 cm³/mol. The van der Waals surface area contributed by atoms with Crippen molar-refractivity contribution >= 4 is 17.8 Å². The van der Waals surface area contributed by atoms with Gasteiger partial charge >= 0.3 is 5.97 Å². The number of carbonyl (C=O) groups excluding carboxylic acids is 2. The highest BCUT2D eigenvalue weighted by atomic mass is 16.4. The second-order valence-electron chi connectivity index (χ2n) is 5.00. The molecule has 0 fully saturated rings. The van der Waals surface area contributed by atoms with Crippen molar-refractivity contribution in [1.29, 1.82) is 0 Å². The van der Waals surface area contributed by atoms with E-state index in [4.69, 9.17) is 10.8 Å². The molecule has 2 amide bonds. The van der Waals surface area contributed by atoms with Crippen molar-refractivity contribution in [3.05, 3.63) is 71.3 Å². The molecule has 118 valence electrons. The first-order valence-corrected chi connectivity index (χ1v) is 6.95. The van der Waals surface area contributed by atoms with Gasteiger partial charge in [-0.1, -0.05) is 30.3 Å². The zero-order valence-corrected chi connectivity index (χ0v) is 12.2. The third kappa shape index (κ3) is 4.41. The van der Waals surface area contributed by atoms with Gasteiger partial charge in [0.1, 0.15) is 6.04 Å². The van der Waals surface area contributed by atoms with Crippen molar-refractivity contribution in [3.63, 3.8) is 0 Å². The summed E-state index contributed by atoms with van der Waals surface area (Å²) in [4.78, 5) is 34.5. The molecule has 2 rings (SSSR count). The van der Waals surface area contributed by atoms with Gasteiger partial charge in [-0.05, 0) is 29.8 Å². The first kappa shape index (κ1) is 16.2. The Balaban J connectivity index is 2.08. The minimum Gasteiger partial charge on any atom is -0.478 e. The minimum absolute atomic E-state index is 0.151. The molecule has 0 heterocycles. The summed E-state index contributed by atoms with van der Waals surface area (Å²) in [5, 5.41) is 11.4. The summed E-state index contributed by atoms with van der Waals surface area (Å²) in [6.45, 7) is 0. The molecule has 0 saturated heterocycles. The van der Waals surface area contributed by atoms with Crippen LogP contribution in [0.3, 0.4) is 0 Å². The number of nitrogens with one attached hydrogen (secondary N) is 1. The van der Waals surface area contributed by atoms with Gasteiger partial charge in [-0.3, -0.25) is 9.59 Å². The lowest BCUT2D eigenvalue weighted by Gasteiger charge is -2.15. The number of carboxylic acids is 1. The number of aromatic carboxylic acids is 1. The number of carbonyl (C=O) groups is 3. The van der Waals surface area contributed by atoms with Gasteiger partial charge in [0.2, 0.25) is 5.91 Å². The van der Waals surface area contributed by atoms with Gasteiger partial charge < -0.3 is 16.2 Å². The summed E-state index contributed by atoms with van der Waals surface area (Å²) >= 11 is 0. The van der Waals surface area contributed by atoms with Crippen molar-refractivity contribution in [3.8, 4) is 0 Å². The maximum absolute atomic E-state index is 12.1. The molecule has 0 aliphatic heterocycles. The lowest BCUT2D eigenvalue weighted by molar-refractivity contribution is -0.119. The Morgan fingerprint density at radius 2 is 1.57 bits per heavy atom. The fraction of sp³-hybridized carbons (Fsp3) is 0.118. The molecule has 0 saturated carbocycles. The molecule has 0 unspecified atom stereocenters. The first-order chi connectivity index (χ1) is 11.0. The molecule has 2 aromatic rings. The van der Waals surface area contributed by atoms with Crippen molar-refractivity contribution in [2.24, 2.45) is 5.73 Å². The van der Waals surface area contributed by atoms with Crippen LogP contribution in [0.5, 0.6) is 0 Å². The highest BCUT2D eigenvalue weighted by molar-refractivity contribution is 5.97. The topological polar surface area (TPSA) is 109 Å². The third-order valence-electron chi connectivity index (χ3n) is 3.33. The van der Waals surface area contributed by atoms with Gasteiger partial charge in [0.25, 0.3) is 5.91 Å². The van der Waals surface area contributed by atoms with E-state index in [-0.39, 0.29) is 12.0 Å². The molecule has 23 heavy (non-hydrogen) atoms. The number of nitrogens with two attached hydrogens (primary N) is 1. The van der Waals surface area contributed by atoms with Crippen LogP contribution in [0.4, 0.5) is 0 Å². The molecule has 0 aliphatic carbocycles. The normalized spacial score (nSPS) is 11.5. The molecule has 2 aromatic carbocycles. The second-order valence-corrected chi connectivity index (χ2v) is 5.00. The first-order valence-electron chi connectivity index (χ1n) is 6.95. The largest absolute Gasteiger partial charge is 0.478 e. The Hall–Kier alpha value is -3.15. The molecule has 6 nitrogen and oxygen atoms in total. The van der Waals surface area contributed by atoms with E-state index in [0.717, 1.165) is 0 Å². The molecule has 4 N–H and O–H groups in total. The van der Waals surface area contributed by atoms with Crippen molar-refractivity contribution in [2.75, 3.05) is 0 Å². The van der Waals surface area contributed by atoms with Gasteiger partial charge in [0.05, 0.1) is 5.56 Å². The molecular formula is C17H16N2O4. The van der Waals surface area contributed by atoms with Crippen molar-refractivity contribution < 1.29 is 19.5 Å². The predicted octanol–water partition coefficient (Wildman–Crippen LogP) is 1.21. The van der Waals surface area contributed by atoms with E-state index in [1.807, 2.05) is 0 Å². The van der Waals surface area contributed by atoms with Crippen molar-refractivity contribution in [2.45, 2.75) is 12.5 Å². The number of primary amides is 1. The van der Waals surface area contributed by atoms with Gasteiger partial charge in [0, 0.05) is 12.0 Å². The number of benzene rings is 2. The maximum Gasteiger partial charge on any atom is 0.335 e. The Morgan fingerprint density at radius 1 is 0.957 bits per heavy atom. The summed E-state index contributed by atoms with van der Waals surface area (Å²) in [6.07, 6.45) is 0.188. The number of carboxylic acid groups (broad SMARTS) is 1. The maximum atomic E-state index is 12.1. The Morgan fingerprint density at radius 3 is 2.09 bits per heavy atom.